The lowest BCUT2D eigenvalue weighted by Gasteiger charge is -2.12. The van der Waals surface area contributed by atoms with E-state index in [1.165, 1.54) is 0 Å². The zero-order valence-corrected chi connectivity index (χ0v) is 14.0. The van der Waals surface area contributed by atoms with Gasteiger partial charge in [-0.2, -0.15) is 0 Å². The lowest BCUT2D eigenvalue weighted by atomic mass is 10.2. The Hall–Kier alpha value is -0.410. The molecule has 1 N–H and O–H groups in total. The monoisotopic (exact) mass is 377 g/mol. The van der Waals surface area contributed by atoms with Crippen LogP contribution in [0, 0.1) is 6.92 Å². The molecule has 2 aromatic rings. The number of anilines is 1. The highest BCUT2D eigenvalue weighted by molar-refractivity contribution is 9.10. The first-order chi connectivity index (χ1) is 8.99. The number of aryl methyl sites for hydroxylation is 1. The van der Waals surface area contributed by atoms with Crippen molar-refractivity contribution in [2.24, 2.45) is 0 Å². The molecule has 0 spiro atoms. The Bertz CT molecular complexity index is 614. The largest absolute Gasteiger partial charge is 0.380 e. The summed E-state index contributed by atoms with van der Waals surface area (Å²) in [5.74, 6) is 0. The number of halogens is 4. The molecule has 0 amide bonds. The molecule has 0 unspecified atom stereocenters. The normalized spacial score (nSPS) is 10.6. The van der Waals surface area contributed by atoms with Crippen LogP contribution in [0.1, 0.15) is 11.1 Å². The van der Waals surface area contributed by atoms with Crippen LogP contribution in [-0.4, -0.2) is 0 Å². The molecule has 0 aliphatic heterocycles. The van der Waals surface area contributed by atoms with Crippen molar-refractivity contribution in [3.05, 3.63) is 61.0 Å². The van der Waals surface area contributed by atoms with Gasteiger partial charge in [0.05, 0.1) is 15.7 Å². The van der Waals surface area contributed by atoms with Gasteiger partial charge in [0.1, 0.15) is 0 Å². The van der Waals surface area contributed by atoms with Crippen LogP contribution in [0.3, 0.4) is 0 Å². The first-order valence-corrected chi connectivity index (χ1v) is 7.54. The molecule has 0 saturated heterocycles. The van der Waals surface area contributed by atoms with E-state index in [1.54, 1.807) is 6.07 Å². The summed E-state index contributed by atoms with van der Waals surface area (Å²) < 4.78 is 0.965. The molecule has 0 saturated carbocycles. The van der Waals surface area contributed by atoms with Gasteiger partial charge in [-0.15, -0.1) is 0 Å². The highest BCUT2D eigenvalue weighted by Crippen LogP contribution is 2.31. The molecule has 0 aliphatic carbocycles. The number of rotatable bonds is 3. The Balaban J connectivity index is 2.19. The fraction of sp³-hybridized carbons (Fsp3) is 0.143. The first-order valence-electron chi connectivity index (χ1n) is 5.61. The smallest absolute Gasteiger partial charge is 0.0642 e. The topological polar surface area (TPSA) is 12.0 Å². The van der Waals surface area contributed by atoms with Gasteiger partial charge in [-0.3, -0.25) is 0 Å². The van der Waals surface area contributed by atoms with Gasteiger partial charge < -0.3 is 5.32 Å². The average Bonchev–Trinajstić information content (AvgIpc) is 2.37. The summed E-state index contributed by atoms with van der Waals surface area (Å²) in [7, 11) is 0. The van der Waals surface area contributed by atoms with Gasteiger partial charge in [0, 0.05) is 16.0 Å². The second kappa shape index (κ2) is 6.36. The molecule has 0 aliphatic rings. The van der Waals surface area contributed by atoms with Crippen LogP contribution >= 0.6 is 50.7 Å². The van der Waals surface area contributed by atoms with E-state index in [-0.39, 0.29) is 0 Å². The predicted molar refractivity (Wildman–Crippen MR) is 87.7 cm³/mol. The molecule has 2 aromatic carbocycles. The molecule has 0 bridgehead atoms. The molecule has 1 nitrogen and oxygen atoms in total. The summed E-state index contributed by atoms with van der Waals surface area (Å²) in [5, 5.41) is 5.15. The SMILES string of the molecule is Cc1cc(Br)c(NCc2cccc(Cl)c2Cl)cc1Cl. The van der Waals surface area contributed by atoms with Gasteiger partial charge in [0.15, 0.2) is 0 Å². The van der Waals surface area contributed by atoms with Gasteiger partial charge in [0.2, 0.25) is 0 Å². The second-order valence-electron chi connectivity index (χ2n) is 4.15. The molecule has 5 heteroatoms. The van der Waals surface area contributed by atoms with Gasteiger partial charge in [-0.1, -0.05) is 46.9 Å². The summed E-state index contributed by atoms with van der Waals surface area (Å²) in [4.78, 5) is 0. The lowest BCUT2D eigenvalue weighted by Crippen LogP contribution is -2.01. The predicted octanol–water partition coefficient (Wildman–Crippen LogP) is 6.33. The molecule has 0 fully saturated rings. The van der Waals surface area contributed by atoms with Gasteiger partial charge in [0.25, 0.3) is 0 Å². The maximum absolute atomic E-state index is 6.15. The molecule has 100 valence electrons. The summed E-state index contributed by atoms with van der Waals surface area (Å²) in [6.45, 7) is 2.54. The van der Waals surface area contributed by atoms with Crippen molar-refractivity contribution in [1.82, 2.24) is 0 Å². The number of nitrogens with one attached hydrogen (secondary N) is 1. The molecular weight excluding hydrogens is 368 g/mol. The molecule has 19 heavy (non-hydrogen) atoms. The third-order valence-corrected chi connectivity index (χ3v) is 4.67. The van der Waals surface area contributed by atoms with Gasteiger partial charge >= 0.3 is 0 Å². The third kappa shape index (κ3) is 3.57. The standard InChI is InChI=1S/C14H11BrCl3N/c1-8-5-10(15)13(6-12(8)17)19-7-9-3-2-4-11(16)14(9)18/h2-6,19H,7H2,1H3. The van der Waals surface area contributed by atoms with Gasteiger partial charge in [-0.05, 0) is 52.2 Å². The Morgan fingerprint density at radius 3 is 2.58 bits per heavy atom. The van der Waals surface area contributed by atoms with Gasteiger partial charge in [-0.25, -0.2) is 0 Å². The summed E-state index contributed by atoms with van der Waals surface area (Å²) in [5.41, 5.74) is 2.89. The number of benzene rings is 2. The van der Waals surface area contributed by atoms with Crippen LogP contribution < -0.4 is 5.32 Å². The quantitative estimate of drug-likeness (QED) is 0.657. The van der Waals surface area contributed by atoms with Crippen molar-refractivity contribution in [1.29, 1.82) is 0 Å². The fourth-order valence-corrected chi connectivity index (χ4v) is 2.81. The van der Waals surface area contributed by atoms with E-state index in [2.05, 4.69) is 21.2 Å². The summed E-state index contributed by atoms with van der Waals surface area (Å²) in [6, 6.07) is 9.45. The minimum absolute atomic E-state index is 0.557. The van der Waals surface area contributed by atoms with Crippen LogP contribution in [0.25, 0.3) is 0 Å². The van der Waals surface area contributed by atoms with E-state index in [0.717, 1.165) is 26.3 Å². The Kier molecular flexibility index (Phi) is 5.02. The fourth-order valence-electron chi connectivity index (χ4n) is 1.66. The molecule has 0 atom stereocenters. The van der Waals surface area contributed by atoms with Crippen LogP contribution in [0.4, 0.5) is 5.69 Å². The van der Waals surface area contributed by atoms with Crippen molar-refractivity contribution in [3.8, 4) is 0 Å². The van der Waals surface area contributed by atoms with Crippen LogP contribution in [0.2, 0.25) is 15.1 Å². The molecule has 0 aromatic heterocycles. The Morgan fingerprint density at radius 1 is 1.11 bits per heavy atom. The first kappa shape index (κ1) is 15.0. The maximum atomic E-state index is 6.15. The molecular formula is C14H11BrCl3N. The van der Waals surface area contributed by atoms with E-state index < -0.39 is 0 Å². The van der Waals surface area contributed by atoms with Crippen LogP contribution in [0.5, 0.6) is 0 Å². The van der Waals surface area contributed by atoms with E-state index in [9.17, 15) is 0 Å². The van der Waals surface area contributed by atoms with E-state index in [4.69, 9.17) is 34.8 Å². The van der Waals surface area contributed by atoms with Crippen molar-refractivity contribution in [2.45, 2.75) is 13.5 Å². The zero-order valence-electron chi connectivity index (χ0n) is 10.1. The van der Waals surface area contributed by atoms with Crippen molar-refractivity contribution in [3.63, 3.8) is 0 Å². The Labute approximate surface area is 136 Å². The molecule has 2 rings (SSSR count). The third-order valence-electron chi connectivity index (χ3n) is 2.75. The number of hydrogen-bond donors (Lipinski definition) is 1. The highest BCUT2D eigenvalue weighted by atomic mass is 79.9. The average molecular weight is 380 g/mol. The van der Waals surface area contributed by atoms with Crippen LogP contribution in [-0.2, 0) is 6.54 Å². The maximum Gasteiger partial charge on any atom is 0.0642 e. The highest BCUT2D eigenvalue weighted by Gasteiger charge is 2.07. The summed E-state index contributed by atoms with van der Waals surface area (Å²) in [6.07, 6.45) is 0. The summed E-state index contributed by atoms with van der Waals surface area (Å²) >= 11 is 21.8. The lowest BCUT2D eigenvalue weighted by molar-refractivity contribution is 1.14. The van der Waals surface area contributed by atoms with E-state index in [0.29, 0.717) is 16.6 Å². The van der Waals surface area contributed by atoms with Crippen LogP contribution in [0.15, 0.2) is 34.8 Å². The molecule has 0 radical (unpaired) electrons. The van der Waals surface area contributed by atoms with Crippen molar-refractivity contribution < 1.29 is 0 Å². The van der Waals surface area contributed by atoms with Crippen molar-refractivity contribution >= 4 is 56.4 Å². The number of hydrogen-bond acceptors (Lipinski definition) is 1. The Morgan fingerprint density at radius 2 is 1.84 bits per heavy atom. The minimum Gasteiger partial charge on any atom is -0.380 e. The van der Waals surface area contributed by atoms with Crippen molar-refractivity contribution in [2.75, 3.05) is 5.32 Å². The second-order valence-corrected chi connectivity index (χ2v) is 6.19. The van der Waals surface area contributed by atoms with E-state index in [1.807, 2.05) is 31.2 Å². The zero-order chi connectivity index (χ0) is 14.0. The minimum atomic E-state index is 0.557. The van der Waals surface area contributed by atoms with E-state index >= 15 is 0 Å². The molecule has 0 heterocycles.